The zero-order valence-electron chi connectivity index (χ0n) is 11.8. The quantitative estimate of drug-likeness (QED) is 0.919. The minimum Gasteiger partial charge on any atom is -0.363 e. The fourth-order valence-corrected chi connectivity index (χ4v) is 2.94. The third-order valence-electron chi connectivity index (χ3n) is 4.05. The third-order valence-corrected chi connectivity index (χ3v) is 4.05. The fourth-order valence-electron chi connectivity index (χ4n) is 2.94. The number of hydrogen-bond acceptors (Lipinski definition) is 3. The zero-order chi connectivity index (χ0) is 13.2. The lowest BCUT2D eigenvalue weighted by molar-refractivity contribution is 0.352. The first kappa shape index (κ1) is 12.5. The number of nitrogens with zero attached hydrogens (tertiary/aromatic N) is 3. The van der Waals surface area contributed by atoms with Gasteiger partial charge in [-0.15, -0.1) is 0 Å². The zero-order valence-corrected chi connectivity index (χ0v) is 11.8. The number of fused-ring (bicyclic) bond motifs is 1. The summed E-state index contributed by atoms with van der Waals surface area (Å²) in [6.45, 7) is 0. The SMILES string of the molecule is CN(C)c1ccc2[nH]c(CC3CCCCC3)nc2n1. The van der Waals surface area contributed by atoms with E-state index in [4.69, 9.17) is 0 Å². The molecule has 1 aliphatic rings. The Kier molecular flexibility index (Phi) is 3.40. The van der Waals surface area contributed by atoms with Gasteiger partial charge < -0.3 is 9.88 Å². The molecule has 2 heterocycles. The average Bonchev–Trinajstić information content (AvgIpc) is 2.80. The molecule has 1 saturated carbocycles. The molecule has 0 saturated heterocycles. The number of aromatic amines is 1. The Balaban J connectivity index is 1.80. The van der Waals surface area contributed by atoms with Gasteiger partial charge in [-0.25, -0.2) is 9.97 Å². The average molecular weight is 258 g/mol. The largest absolute Gasteiger partial charge is 0.363 e. The topological polar surface area (TPSA) is 44.8 Å². The molecule has 19 heavy (non-hydrogen) atoms. The molecule has 4 nitrogen and oxygen atoms in total. The van der Waals surface area contributed by atoms with Gasteiger partial charge in [-0.1, -0.05) is 32.1 Å². The van der Waals surface area contributed by atoms with Crippen molar-refractivity contribution in [2.45, 2.75) is 38.5 Å². The van der Waals surface area contributed by atoms with Crippen molar-refractivity contribution in [1.82, 2.24) is 15.0 Å². The van der Waals surface area contributed by atoms with E-state index < -0.39 is 0 Å². The van der Waals surface area contributed by atoms with Gasteiger partial charge in [0.05, 0.1) is 5.52 Å². The van der Waals surface area contributed by atoms with Crippen LogP contribution in [-0.4, -0.2) is 29.0 Å². The van der Waals surface area contributed by atoms with Gasteiger partial charge in [0.15, 0.2) is 5.65 Å². The van der Waals surface area contributed by atoms with Crippen molar-refractivity contribution in [3.05, 3.63) is 18.0 Å². The summed E-state index contributed by atoms with van der Waals surface area (Å²) in [7, 11) is 4.01. The van der Waals surface area contributed by atoms with E-state index in [0.29, 0.717) is 0 Å². The first-order valence-corrected chi connectivity index (χ1v) is 7.25. The molecule has 0 atom stereocenters. The van der Waals surface area contributed by atoms with Crippen LogP contribution >= 0.6 is 0 Å². The Morgan fingerprint density at radius 3 is 2.68 bits per heavy atom. The number of H-pyrrole nitrogens is 1. The van der Waals surface area contributed by atoms with Crippen molar-refractivity contribution in [3.8, 4) is 0 Å². The van der Waals surface area contributed by atoms with Crippen molar-refractivity contribution < 1.29 is 0 Å². The van der Waals surface area contributed by atoms with E-state index in [0.717, 1.165) is 35.1 Å². The lowest BCUT2D eigenvalue weighted by Gasteiger charge is -2.20. The minimum absolute atomic E-state index is 0.808. The van der Waals surface area contributed by atoms with Crippen LogP contribution < -0.4 is 4.90 Å². The third kappa shape index (κ3) is 2.72. The Hall–Kier alpha value is -1.58. The Morgan fingerprint density at radius 2 is 1.95 bits per heavy atom. The normalized spacial score (nSPS) is 16.9. The molecule has 0 aliphatic heterocycles. The van der Waals surface area contributed by atoms with Crippen LogP contribution in [0.2, 0.25) is 0 Å². The molecule has 0 unspecified atom stereocenters. The summed E-state index contributed by atoms with van der Waals surface area (Å²) in [5, 5.41) is 0. The molecule has 1 aliphatic carbocycles. The van der Waals surface area contributed by atoms with Crippen LogP contribution in [-0.2, 0) is 6.42 Å². The Morgan fingerprint density at radius 1 is 1.16 bits per heavy atom. The standard InChI is InChI=1S/C15H22N4/c1-19(2)14-9-8-12-15(18-14)17-13(16-12)10-11-6-4-3-5-7-11/h8-9,11H,3-7,10H2,1-2H3,(H,16,17,18). The second-order valence-electron chi connectivity index (χ2n) is 5.83. The van der Waals surface area contributed by atoms with Crippen LogP contribution in [0.25, 0.3) is 11.2 Å². The van der Waals surface area contributed by atoms with E-state index in [2.05, 4.69) is 21.0 Å². The molecular weight excluding hydrogens is 236 g/mol. The van der Waals surface area contributed by atoms with Crippen molar-refractivity contribution in [2.75, 3.05) is 19.0 Å². The molecule has 0 spiro atoms. The summed E-state index contributed by atoms with van der Waals surface area (Å²) in [6.07, 6.45) is 7.96. The molecular formula is C15H22N4. The maximum atomic E-state index is 4.66. The highest BCUT2D eigenvalue weighted by Gasteiger charge is 2.16. The molecule has 3 rings (SSSR count). The van der Waals surface area contributed by atoms with Gasteiger partial charge in [-0.05, 0) is 18.1 Å². The first-order chi connectivity index (χ1) is 9.22. The molecule has 0 radical (unpaired) electrons. The van der Waals surface area contributed by atoms with Crippen LogP contribution in [0.5, 0.6) is 0 Å². The highest BCUT2D eigenvalue weighted by Crippen LogP contribution is 2.26. The molecule has 0 bridgehead atoms. The molecule has 4 heteroatoms. The molecule has 0 aromatic carbocycles. The summed E-state index contributed by atoms with van der Waals surface area (Å²) in [5.74, 6) is 2.87. The van der Waals surface area contributed by atoms with Crippen LogP contribution in [0, 0.1) is 5.92 Å². The Labute approximate surface area is 114 Å². The second kappa shape index (κ2) is 5.19. The van der Waals surface area contributed by atoms with Crippen molar-refractivity contribution in [2.24, 2.45) is 5.92 Å². The monoisotopic (exact) mass is 258 g/mol. The minimum atomic E-state index is 0.808. The fraction of sp³-hybridized carbons (Fsp3) is 0.600. The number of hydrogen-bond donors (Lipinski definition) is 1. The highest BCUT2D eigenvalue weighted by molar-refractivity contribution is 5.73. The number of nitrogens with one attached hydrogen (secondary N) is 1. The number of imidazole rings is 1. The second-order valence-corrected chi connectivity index (χ2v) is 5.83. The molecule has 1 fully saturated rings. The molecule has 2 aromatic rings. The van der Waals surface area contributed by atoms with Gasteiger partial charge in [-0.2, -0.15) is 0 Å². The van der Waals surface area contributed by atoms with Crippen molar-refractivity contribution >= 4 is 17.0 Å². The summed E-state index contributed by atoms with van der Waals surface area (Å²) < 4.78 is 0. The van der Waals surface area contributed by atoms with E-state index in [1.165, 1.54) is 32.1 Å². The number of anilines is 1. The van der Waals surface area contributed by atoms with Crippen LogP contribution in [0.3, 0.4) is 0 Å². The maximum absolute atomic E-state index is 4.66. The van der Waals surface area contributed by atoms with Crippen molar-refractivity contribution in [1.29, 1.82) is 0 Å². The predicted octanol–water partition coefficient (Wildman–Crippen LogP) is 3.15. The first-order valence-electron chi connectivity index (χ1n) is 7.25. The lowest BCUT2D eigenvalue weighted by atomic mass is 9.87. The number of rotatable bonds is 3. The van der Waals surface area contributed by atoms with Gasteiger partial charge in [0, 0.05) is 20.5 Å². The lowest BCUT2D eigenvalue weighted by Crippen LogP contribution is -2.10. The van der Waals surface area contributed by atoms with E-state index in [9.17, 15) is 0 Å². The van der Waals surface area contributed by atoms with Gasteiger partial charge in [0.25, 0.3) is 0 Å². The van der Waals surface area contributed by atoms with Gasteiger partial charge in [0.1, 0.15) is 11.6 Å². The molecule has 1 N–H and O–H groups in total. The summed E-state index contributed by atoms with van der Waals surface area (Å²) in [6, 6.07) is 4.11. The highest BCUT2D eigenvalue weighted by atomic mass is 15.1. The summed E-state index contributed by atoms with van der Waals surface area (Å²) in [4.78, 5) is 14.7. The van der Waals surface area contributed by atoms with Crippen LogP contribution in [0.4, 0.5) is 5.82 Å². The van der Waals surface area contributed by atoms with Crippen LogP contribution in [0.1, 0.15) is 37.9 Å². The van der Waals surface area contributed by atoms with E-state index in [1.807, 2.05) is 25.1 Å². The number of pyridine rings is 1. The van der Waals surface area contributed by atoms with Gasteiger partial charge >= 0.3 is 0 Å². The smallest absolute Gasteiger partial charge is 0.179 e. The van der Waals surface area contributed by atoms with Crippen LogP contribution in [0.15, 0.2) is 12.1 Å². The van der Waals surface area contributed by atoms with E-state index in [1.54, 1.807) is 0 Å². The molecule has 0 amide bonds. The van der Waals surface area contributed by atoms with Gasteiger partial charge in [-0.3, -0.25) is 0 Å². The molecule has 2 aromatic heterocycles. The van der Waals surface area contributed by atoms with Gasteiger partial charge in [0.2, 0.25) is 0 Å². The predicted molar refractivity (Wildman–Crippen MR) is 78.5 cm³/mol. The summed E-state index contributed by atoms with van der Waals surface area (Å²) >= 11 is 0. The van der Waals surface area contributed by atoms with E-state index in [-0.39, 0.29) is 0 Å². The Bertz CT molecular complexity index is 552. The van der Waals surface area contributed by atoms with Crippen molar-refractivity contribution in [3.63, 3.8) is 0 Å². The summed E-state index contributed by atoms with van der Waals surface area (Å²) in [5.41, 5.74) is 1.90. The maximum Gasteiger partial charge on any atom is 0.179 e. The number of aromatic nitrogens is 3. The molecule has 102 valence electrons. The van der Waals surface area contributed by atoms with E-state index >= 15 is 0 Å².